The van der Waals surface area contributed by atoms with Crippen LogP contribution in [0.25, 0.3) is 0 Å². The number of hydrogen-bond donors (Lipinski definition) is 2. The van der Waals surface area contributed by atoms with Crippen molar-refractivity contribution in [2.75, 3.05) is 20.2 Å². The number of halogens is 1. The smallest absolute Gasteiger partial charge is 0.223 e. The van der Waals surface area contributed by atoms with Crippen molar-refractivity contribution in [3.8, 4) is 5.75 Å². The molecule has 1 saturated heterocycles. The highest BCUT2D eigenvalue weighted by Crippen LogP contribution is 2.58. The molecule has 2 aliphatic rings. The Bertz CT molecular complexity index is 544. The largest absolute Gasteiger partial charge is 0.497 e. The first-order chi connectivity index (χ1) is 10.6. The highest BCUT2D eigenvalue weighted by atomic mass is 35.5. The third kappa shape index (κ3) is 4.18. The molecule has 1 aliphatic heterocycles. The van der Waals surface area contributed by atoms with Crippen LogP contribution in [-0.4, -0.2) is 32.1 Å². The maximum Gasteiger partial charge on any atom is 0.223 e. The molecule has 2 N–H and O–H groups in total. The lowest BCUT2D eigenvalue weighted by molar-refractivity contribution is -0.123. The van der Waals surface area contributed by atoms with Crippen molar-refractivity contribution in [3.63, 3.8) is 0 Å². The predicted octanol–water partition coefficient (Wildman–Crippen LogP) is 2.55. The first-order valence-corrected chi connectivity index (χ1v) is 8.27. The van der Waals surface area contributed by atoms with Crippen LogP contribution in [0, 0.1) is 11.3 Å². The van der Waals surface area contributed by atoms with E-state index >= 15 is 0 Å². The summed E-state index contributed by atoms with van der Waals surface area (Å²) in [7, 11) is 1.68. The number of methoxy groups -OCH3 is 1. The van der Waals surface area contributed by atoms with Crippen molar-refractivity contribution < 1.29 is 9.53 Å². The molecule has 3 rings (SSSR count). The molecule has 0 aromatic heterocycles. The number of carbonyl (C=O) groups is 1. The molecule has 1 amide bonds. The number of benzene rings is 1. The van der Waals surface area contributed by atoms with E-state index in [9.17, 15) is 4.79 Å². The lowest BCUT2D eigenvalue weighted by Crippen LogP contribution is -2.38. The molecule has 1 aromatic carbocycles. The standard InChI is InChI=1S/C18H26N2O2.ClH/c1-13(10-14-4-3-5-15(11-14)22-2)20-17(21)16-12-18(16)6-8-19-9-7-18;/h3-5,11,13,16,19H,6-10,12H2,1-2H3,(H,20,21);1H. The zero-order valence-corrected chi connectivity index (χ0v) is 14.7. The molecule has 2 atom stereocenters. The van der Waals surface area contributed by atoms with Gasteiger partial charge in [-0.3, -0.25) is 4.79 Å². The summed E-state index contributed by atoms with van der Waals surface area (Å²) in [5.41, 5.74) is 1.50. The molecular weight excluding hydrogens is 312 g/mol. The monoisotopic (exact) mass is 338 g/mol. The number of carbonyl (C=O) groups excluding carboxylic acids is 1. The summed E-state index contributed by atoms with van der Waals surface area (Å²) >= 11 is 0. The molecule has 2 unspecified atom stereocenters. The van der Waals surface area contributed by atoms with Crippen LogP contribution in [0.5, 0.6) is 5.75 Å². The second-order valence-corrected chi connectivity index (χ2v) is 6.83. The Hall–Kier alpha value is -1.26. The number of rotatable bonds is 5. The summed E-state index contributed by atoms with van der Waals surface area (Å²) < 4.78 is 5.25. The normalized spacial score (nSPS) is 22.8. The first-order valence-electron chi connectivity index (χ1n) is 8.27. The van der Waals surface area contributed by atoms with Gasteiger partial charge in [-0.25, -0.2) is 0 Å². The van der Waals surface area contributed by atoms with Crippen molar-refractivity contribution in [1.29, 1.82) is 0 Å². The first kappa shape index (κ1) is 18.1. The van der Waals surface area contributed by atoms with Gasteiger partial charge >= 0.3 is 0 Å². The third-order valence-electron chi connectivity index (χ3n) is 5.17. The van der Waals surface area contributed by atoms with E-state index in [1.165, 1.54) is 5.56 Å². The summed E-state index contributed by atoms with van der Waals surface area (Å²) in [6.07, 6.45) is 4.21. The van der Waals surface area contributed by atoms with Crippen LogP contribution in [0.1, 0.15) is 31.7 Å². The summed E-state index contributed by atoms with van der Waals surface area (Å²) in [5, 5.41) is 6.58. The van der Waals surface area contributed by atoms with Gasteiger partial charge in [-0.15, -0.1) is 12.4 Å². The van der Waals surface area contributed by atoms with E-state index in [2.05, 4.69) is 23.6 Å². The van der Waals surface area contributed by atoms with Gasteiger partial charge in [-0.05, 0) is 68.8 Å². The van der Waals surface area contributed by atoms with E-state index in [0.29, 0.717) is 5.41 Å². The van der Waals surface area contributed by atoms with E-state index in [-0.39, 0.29) is 30.3 Å². The van der Waals surface area contributed by atoms with Gasteiger partial charge in [0, 0.05) is 12.0 Å². The van der Waals surface area contributed by atoms with Gasteiger partial charge in [0.25, 0.3) is 0 Å². The number of piperidine rings is 1. The molecule has 1 spiro atoms. The summed E-state index contributed by atoms with van der Waals surface area (Å²) in [5.74, 6) is 1.35. The zero-order valence-electron chi connectivity index (χ0n) is 13.9. The van der Waals surface area contributed by atoms with Crippen LogP contribution in [0.15, 0.2) is 24.3 Å². The van der Waals surface area contributed by atoms with Crippen LogP contribution in [0.3, 0.4) is 0 Å². The zero-order chi connectivity index (χ0) is 15.6. The molecule has 23 heavy (non-hydrogen) atoms. The molecule has 0 radical (unpaired) electrons. The summed E-state index contributed by atoms with van der Waals surface area (Å²) in [6, 6.07) is 8.20. The van der Waals surface area contributed by atoms with E-state index < -0.39 is 0 Å². The SMILES string of the molecule is COc1cccc(CC(C)NC(=O)C2CC23CCNCC3)c1.Cl. The van der Waals surface area contributed by atoms with Gasteiger partial charge in [-0.1, -0.05) is 12.1 Å². The molecule has 1 aromatic rings. The van der Waals surface area contributed by atoms with Crippen LogP contribution in [0.4, 0.5) is 0 Å². The highest BCUT2D eigenvalue weighted by molar-refractivity contribution is 5.85. The van der Waals surface area contributed by atoms with Crippen molar-refractivity contribution in [2.45, 2.75) is 38.6 Å². The number of ether oxygens (including phenoxy) is 1. The predicted molar refractivity (Wildman–Crippen MR) is 94.2 cm³/mol. The van der Waals surface area contributed by atoms with Crippen LogP contribution >= 0.6 is 12.4 Å². The fourth-order valence-corrected chi connectivity index (χ4v) is 3.74. The van der Waals surface area contributed by atoms with Crippen LogP contribution in [-0.2, 0) is 11.2 Å². The minimum Gasteiger partial charge on any atom is -0.497 e. The minimum absolute atomic E-state index is 0. The fraction of sp³-hybridized carbons (Fsp3) is 0.611. The Labute approximate surface area is 144 Å². The highest BCUT2D eigenvalue weighted by Gasteiger charge is 2.57. The van der Waals surface area contributed by atoms with Crippen molar-refractivity contribution in [1.82, 2.24) is 10.6 Å². The van der Waals surface area contributed by atoms with Gasteiger partial charge in [-0.2, -0.15) is 0 Å². The quantitative estimate of drug-likeness (QED) is 0.867. The average Bonchev–Trinajstić information content (AvgIpc) is 3.21. The Balaban J connectivity index is 0.00000192. The topological polar surface area (TPSA) is 50.4 Å². The van der Waals surface area contributed by atoms with Crippen molar-refractivity contribution in [2.24, 2.45) is 11.3 Å². The molecule has 128 valence electrons. The Kier molecular flexibility index (Phi) is 5.93. The summed E-state index contributed by atoms with van der Waals surface area (Å²) in [4.78, 5) is 12.4. The van der Waals surface area contributed by atoms with E-state index in [0.717, 1.165) is 44.5 Å². The number of nitrogens with one attached hydrogen (secondary N) is 2. The maximum absolute atomic E-state index is 12.4. The van der Waals surface area contributed by atoms with E-state index in [4.69, 9.17) is 4.74 Å². The van der Waals surface area contributed by atoms with Crippen LogP contribution in [0.2, 0.25) is 0 Å². The van der Waals surface area contributed by atoms with Gasteiger partial charge < -0.3 is 15.4 Å². The lowest BCUT2D eigenvalue weighted by Gasteiger charge is -2.23. The maximum atomic E-state index is 12.4. The van der Waals surface area contributed by atoms with Gasteiger partial charge in [0.1, 0.15) is 5.75 Å². The Morgan fingerprint density at radius 1 is 1.43 bits per heavy atom. The molecule has 5 heteroatoms. The van der Waals surface area contributed by atoms with E-state index in [1.807, 2.05) is 18.2 Å². The number of hydrogen-bond acceptors (Lipinski definition) is 3. The second kappa shape index (κ2) is 7.54. The molecular formula is C18H27ClN2O2. The third-order valence-corrected chi connectivity index (χ3v) is 5.17. The molecule has 4 nitrogen and oxygen atoms in total. The minimum atomic E-state index is 0. The van der Waals surface area contributed by atoms with Gasteiger partial charge in [0.15, 0.2) is 0 Å². The molecule has 0 bridgehead atoms. The Morgan fingerprint density at radius 2 is 2.17 bits per heavy atom. The molecule has 1 heterocycles. The van der Waals surface area contributed by atoms with Gasteiger partial charge in [0.05, 0.1) is 7.11 Å². The lowest BCUT2D eigenvalue weighted by atomic mass is 9.91. The van der Waals surface area contributed by atoms with Crippen molar-refractivity contribution in [3.05, 3.63) is 29.8 Å². The molecule has 2 fully saturated rings. The average molecular weight is 339 g/mol. The summed E-state index contributed by atoms with van der Waals surface area (Å²) in [6.45, 7) is 4.20. The van der Waals surface area contributed by atoms with Crippen molar-refractivity contribution >= 4 is 18.3 Å². The van der Waals surface area contributed by atoms with Crippen LogP contribution < -0.4 is 15.4 Å². The second-order valence-electron chi connectivity index (χ2n) is 6.83. The Morgan fingerprint density at radius 3 is 2.87 bits per heavy atom. The fourth-order valence-electron chi connectivity index (χ4n) is 3.74. The number of amides is 1. The van der Waals surface area contributed by atoms with E-state index in [1.54, 1.807) is 7.11 Å². The molecule has 1 aliphatic carbocycles. The molecule has 1 saturated carbocycles. The van der Waals surface area contributed by atoms with Gasteiger partial charge in [0.2, 0.25) is 5.91 Å².